The Kier molecular flexibility index (Phi) is 4.49. The summed E-state index contributed by atoms with van der Waals surface area (Å²) in [6.07, 6.45) is 2.00. The lowest BCUT2D eigenvalue weighted by Crippen LogP contribution is -3.00. The first-order valence-electron chi connectivity index (χ1n) is 7.68. The molecule has 0 fully saturated rings. The van der Waals surface area contributed by atoms with E-state index < -0.39 is 0 Å². The summed E-state index contributed by atoms with van der Waals surface area (Å²) in [7, 11) is 2.02. The number of carbonyl (C=O) groups is 1. The fourth-order valence-corrected chi connectivity index (χ4v) is 3.16. The first kappa shape index (κ1) is 16.4. The van der Waals surface area contributed by atoms with Crippen molar-refractivity contribution in [1.82, 2.24) is 0 Å². The molecule has 0 N–H and O–H groups in total. The molecular formula is C20H17BrN2O. The fraction of sp³-hybridized carbons (Fsp3) is 0.100. The minimum atomic E-state index is 0. The van der Waals surface area contributed by atoms with Crippen LogP contribution in [-0.2, 0) is 0 Å². The van der Waals surface area contributed by atoms with E-state index in [1.807, 2.05) is 54.7 Å². The number of anilines is 1. The van der Waals surface area contributed by atoms with Gasteiger partial charge in [0.15, 0.2) is 6.54 Å². The van der Waals surface area contributed by atoms with Gasteiger partial charge in [0, 0.05) is 5.56 Å². The third-order valence-corrected chi connectivity index (χ3v) is 4.27. The van der Waals surface area contributed by atoms with Crippen LogP contribution in [0.2, 0.25) is 0 Å². The molecule has 120 valence electrons. The van der Waals surface area contributed by atoms with Gasteiger partial charge in [-0.25, -0.2) is 9.48 Å². The highest BCUT2D eigenvalue weighted by Gasteiger charge is 2.26. The standard InChI is InChI=1S/C20H17N2O.BrH/c1-21-14-22(13-19(23)15-7-3-2-4-8-15)18-12-6-10-16-9-5-11-17(21)20(16)18;/h2-12,14H,13H2,1H3;1H/q+1;/p-1. The molecule has 0 atom stereocenters. The SMILES string of the molecule is C[N+]1=CN(CC(=O)c2ccccc2)c2cccc3cccc1c23.[Br-]. The van der Waals surface area contributed by atoms with E-state index in [9.17, 15) is 4.79 Å². The van der Waals surface area contributed by atoms with E-state index in [0.29, 0.717) is 6.54 Å². The lowest BCUT2D eigenvalue weighted by atomic mass is 10.0. The smallest absolute Gasteiger partial charge is 0.244 e. The zero-order valence-corrected chi connectivity index (χ0v) is 14.9. The van der Waals surface area contributed by atoms with Gasteiger partial charge >= 0.3 is 0 Å². The van der Waals surface area contributed by atoms with E-state index in [1.54, 1.807) is 0 Å². The van der Waals surface area contributed by atoms with Crippen molar-refractivity contribution in [2.75, 3.05) is 18.5 Å². The van der Waals surface area contributed by atoms with Crippen LogP contribution in [0.5, 0.6) is 0 Å². The molecule has 4 rings (SSSR count). The molecule has 0 amide bonds. The molecule has 0 saturated heterocycles. The van der Waals surface area contributed by atoms with Crippen LogP contribution in [0.25, 0.3) is 10.8 Å². The Morgan fingerprint density at radius 3 is 2.42 bits per heavy atom. The summed E-state index contributed by atoms with van der Waals surface area (Å²) in [5.74, 6) is 0.117. The first-order valence-corrected chi connectivity index (χ1v) is 7.68. The highest BCUT2D eigenvalue weighted by atomic mass is 79.9. The van der Waals surface area contributed by atoms with Crippen molar-refractivity contribution in [2.24, 2.45) is 0 Å². The molecule has 3 aromatic rings. The molecule has 1 aliphatic rings. The zero-order valence-electron chi connectivity index (χ0n) is 13.3. The van der Waals surface area contributed by atoms with Crippen LogP contribution < -0.4 is 21.9 Å². The van der Waals surface area contributed by atoms with Crippen LogP contribution >= 0.6 is 0 Å². The number of Topliss-reactive ketones (excluding diaryl/α,β-unsaturated/α-hetero) is 1. The fourth-order valence-electron chi connectivity index (χ4n) is 3.16. The number of rotatable bonds is 3. The van der Waals surface area contributed by atoms with E-state index >= 15 is 0 Å². The van der Waals surface area contributed by atoms with E-state index in [1.165, 1.54) is 16.5 Å². The van der Waals surface area contributed by atoms with Crippen molar-refractivity contribution in [2.45, 2.75) is 0 Å². The molecule has 0 aliphatic carbocycles. The Balaban J connectivity index is 0.00000169. The maximum Gasteiger partial charge on any atom is 0.244 e. The Hall–Kier alpha value is -2.46. The molecule has 0 radical (unpaired) electrons. The second kappa shape index (κ2) is 6.57. The lowest BCUT2D eigenvalue weighted by molar-refractivity contribution is -0.399. The molecule has 24 heavy (non-hydrogen) atoms. The summed E-state index contributed by atoms with van der Waals surface area (Å²) in [5.41, 5.74) is 3.00. The zero-order chi connectivity index (χ0) is 15.8. The van der Waals surface area contributed by atoms with Gasteiger partial charge in [-0.3, -0.25) is 4.79 Å². The number of benzene rings is 3. The molecule has 0 unspecified atom stereocenters. The predicted octanol–water partition coefficient (Wildman–Crippen LogP) is 0.849. The monoisotopic (exact) mass is 380 g/mol. The summed E-state index contributed by atoms with van der Waals surface area (Å²) >= 11 is 0. The maximum absolute atomic E-state index is 12.6. The van der Waals surface area contributed by atoms with Gasteiger partial charge < -0.3 is 17.0 Å². The first-order chi connectivity index (χ1) is 11.2. The van der Waals surface area contributed by atoms with E-state index in [-0.39, 0.29) is 22.8 Å². The van der Waals surface area contributed by atoms with Crippen molar-refractivity contribution in [1.29, 1.82) is 0 Å². The number of hydrogen-bond acceptors (Lipinski definition) is 2. The molecule has 0 saturated carbocycles. The number of halogens is 1. The average molecular weight is 381 g/mol. The average Bonchev–Trinajstić information content (AvgIpc) is 2.60. The maximum atomic E-state index is 12.6. The quantitative estimate of drug-likeness (QED) is 0.496. The van der Waals surface area contributed by atoms with Crippen molar-refractivity contribution < 1.29 is 26.4 Å². The third kappa shape index (κ3) is 2.74. The molecule has 1 heterocycles. The van der Waals surface area contributed by atoms with Crippen molar-refractivity contribution in [3.05, 3.63) is 72.3 Å². The Morgan fingerprint density at radius 2 is 1.67 bits per heavy atom. The Labute approximate surface area is 151 Å². The molecule has 1 aliphatic heterocycles. The van der Waals surface area contributed by atoms with Crippen molar-refractivity contribution in [3.8, 4) is 0 Å². The van der Waals surface area contributed by atoms with Gasteiger partial charge in [0.05, 0.1) is 12.4 Å². The largest absolute Gasteiger partial charge is 1.00 e. The van der Waals surface area contributed by atoms with Crippen molar-refractivity contribution >= 4 is 34.3 Å². The molecule has 0 spiro atoms. The molecule has 0 aromatic heterocycles. The van der Waals surface area contributed by atoms with E-state index in [0.717, 1.165) is 11.3 Å². The highest BCUT2D eigenvalue weighted by molar-refractivity contribution is 6.09. The lowest BCUT2D eigenvalue weighted by Gasteiger charge is -2.21. The summed E-state index contributed by atoms with van der Waals surface area (Å²) in [6.45, 7) is 0.335. The number of hydrogen-bond donors (Lipinski definition) is 0. The summed E-state index contributed by atoms with van der Waals surface area (Å²) in [4.78, 5) is 14.6. The van der Waals surface area contributed by atoms with Gasteiger partial charge in [-0.1, -0.05) is 54.6 Å². The van der Waals surface area contributed by atoms with Gasteiger partial charge in [-0.05, 0) is 17.5 Å². The van der Waals surface area contributed by atoms with Gasteiger partial charge in [0.2, 0.25) is 12.1 Å². The number of carbonyl (C=O) groups excluding carboxylic acids is 1. The number of ketones is 1. The normalized spacial score (nSPS) is 12.5. The van der Waals surface area contributed by atoms with Gasteiger partial charge in [-0.15, -0.1) is 0 Å². The van der Waals surface area contributed by atoms with Crippen LogP contribution in [0.4, 0.5) is 11.4 Å². The third-order valence-electron chi connectivity index (χ3n) is 4.27. The second-order valence-electron chi connectivity index (χ2n) is 5.80. The van der Waals surface area contributed by atoms with Crippen LogP contribution in [0.15, 0.2) is 66.7 Å². The molecule has 0 bridgehead atoms. The summed E-state index contributed by atoms with van der Waals surface area (Å²) in [6, 6.07) is 22.0. The van der Waals surface area contributed by atoms with Crippen molar-refractivity contribution in [3.63, 3.8) is 0 Å². The summed E-state index contributed by atoms with van der Waals surface area (Å²) < 4.78 is 2.08. The molecule has 4 heteroatoms. The number of nitrogens with zero attached hydrogens (tertiary/aromatic N) is 2. The molecule has 3 aromatic carbocycles. The Bertz CT molecular complexity index is 930. The van der Waals surface area contributed by atoms with Gasteiger partial charge in [-0.2, -0.15) is 0 Å². The van der Waals surface area contributed by atoms with Gasteiger partial charge in [0.1, 0.15) is 11.4 Å². The Morgan fingerprint density at radius 1 is 0.958 bits per heavy atom. The minimum Gasteiger partial charge on any atom is -1.00 e. The minimum absolute atomic E-state index is 0. The topological polar surface area (TPSA) is 23.3 Å². The van der Waals surface area contributed by atoms with E-state index in [4.69, 9.17) is 0 Å². The van der Waals surface area contributed by atoms with Crippen LogP contribution in [0, 0.1) is 0 Å². The predicted molar refractivity (Wildman–Crippen MR) is 94.0 cm³/mol. The summed E-state index contributed by atoms with van der Waals surface area (Å²) in [5, 5.41) is 2.39. The van der Waals surface area contributed by atoms with E-state index in [2.05, 4.69) is 34.9 Å². The molecule has 3 nitrogen and oxygen atoms in total. The second-order valence-corrected chi connectivity index (χ2v) is 5.80. The van der Waals surface area contributed by atoms with Crippen LogP contribution in [0.3, 0.4) is 0 Å². The molecular weight excluding hydrogens is 364 g/mol. The highest BCUT2D eigenvalue weighted by Crippen LogP contribution is 2.36. The van der Waals surface area contributed by atoms with Crippen LogP contribution in [-0.4, -0.2) is 30.3 Å². The van der Waals surface area contributed by atoms with Crippen LogP contribution in [0.1, 0.15) is 10.4 Å². The van der Waals surface area contributed by atoms with Gasteiger partial charge in [0.25, 0.3) is 0 Å².